The Hall–Kier alpha value is -2.55. The van der Waals surface area contributed by atoms with Crippen LogP contribution in [0.4, 0.5) is 0 Å². The van der Waals surface area contributed by atoms with E-state index in [0.29, 0.717) is 23.1 Å². The van der Waals surface area contributed by atoms with E-state index in [-0.39, 0.29) is 13.0 Å². The number of rotatable bonds is 8. The molecule has 0 aliphatic rings. The number of benzene rings is 1. The third-order valence-corrected chi connectivity index (χ3v) is 4.34. The minimum absolute atomic E-state index is 0.125. The molecule has 0 aliphatic carbocycles. The van der Waals surface area contributed by atoms with Gasteiger partial charge in [-0.2, -0.15) is 11.8 Å². The summed E-state index contributed by atoms with van der Waals surface area (Å²) < 4.78 is 0.944. The van der Waals surface area contributed by atoms with Crippen LogP contribution in [-0.4, -0.2) is 44.6 Å². The molecule has 1 atom stereocenters. The molecule has 9 heteroatoms. The molecule has 134 valence electrons. The van der Waals surface area contributed by atoms with Crippen LogP contribution in [0.15, 0.2) is 33.9 Å². The highest BCUT2D eigenvalue weighted by Gasteiger charge is 2.19. The molecule has 8 nitrogen and oxygen atoms in total. The van der Waals surface area contributed by atoms with Crippen LogP contribution in [0.5, 0.6) is 0 Å². The number of aromatic nitrogens is 2. The highest BCUT2D eigenvalue weighted by atomic mass is 32.2. The van der Waals surface area contributed by atoms with Crippen molar-refractivity contribution in [2.75, 3.05) is 12.0 Å². The van der Waals surface area contributed by atoms with E-state index in [1.807, 2.05) is 6.26 Å². The van der Waals surface area contributed by atoms with Crippen LogP contribution in [0.3, 0.4) is 0 Å². The summed E-state index contributed by atoms with van der Waals surface area (Å²) >= 11 is 1.48. The third-order valence-electron chi connectivity index (χ3n) is 3.70. The zero-order chi connectivity index (χ0) is 18.4. The van der Waals surface area contributed by atoms with E-state index in [0.717, 1.165) is 4.57 Å². The first kappa shape index (κ1) is 18.8. The molecule has 3 N–H and O–H groups in total. The molecule has 0 radical (unpaired) electrons. The number of hydrogen-bond acceptors (Lipinski definition) is 5. The lowest BCUT2D eigenvalue weighted by molar-refractivity contribution is -0.141. The first-order chi connectivity index (χ1) is 11.9. The van der Waals surface area contributed by atoms with Crippen LogP contribution in [0.1, 0.15) is 12.8 Å². The van der Waals surface area contributed by atoms with E-state index in [9.17, 15) is 19.2 Å². The maximum absolute atomic E-state index is 12.3. The van der Waals surface area contributed by atoms with Gasteiger partial charge in [0.25, 0.3) is 5.56 Å². The highest BCUT2D eigenvalue weighted by Crippen LogP contribution is 2.04. The lowest BCUT2D eigenvalue weighted by Crippen LogP contribution is -2.42. The Balaban J connectivity index is 2.09. The second-order valence-corrected chi connectivity index (χ2v) is 6.41. The lowest BCUT2D eigenvalue weighted by Gasteiger charge is -2.14. The second-order valence-electron chi connectivity index (χ2n) is 5.42. The summed E-state index contributed by atoms with van der Waals surface area (Å²) in [6.07, 6.45) is 1.99. The standard InChI is InChI=1S/C16H19N3O5S/c1-25-9-7-12(15(22)23)17-13(20)6-8-19-14(21)10-4-2-3-5-11(10)18-16(19)24/h2-5,12H,6-9H2,1H3,(H,17,20)(H,18,24)(H,22,23). The predicted octanol–water partition coefficient (Wildman–Crippen LogP) is 0.402. The van der Waals surface area contributed by atoms with Crippen molar-refractivity contribution < 1.29 is 14.7 Å². The van der Waals surface area contributed by atoms with Gasteiger partial charge in [0.15, 0.2) is 0 Å². The zero-order valence-electron chi connectivity index (χ0n) is 13.7. The van der Waals surface area contributed by atoms with Crippen LogP contribution in [-0.2, 0) is 16.1 Å². The summed E-state index contributed by atoms with van der Waals surface area (Å²) in [6.45, 7) is -0.125. The summed E-state index contributed by atoms with van der Waals surface area (Å²) in [5.41, 5.74) is -0.654. The third kappa shape index (κ3) is 4.72. The molecule has 0 aliphatic heterocycles. The van der Waals surface area contributed by atoms with Crippen molar-refractivity contribution in [2.24, 2.45) is 0 Å². The Morgan fingerprint density at radius 2 is 2.04 bits per heavy atom. The van der Waals surface area contributed by atoms with Crippen molar-refractivity contribution in [3.8, 4) is 0 Å². The SMILES string of the molecule is CSCCC(NC(=O)CCn1c(=O)[nH]c2ccccc2c1=O)C(=O)O. The minimum Gasteiger partial charge on any atom is -0.480 e. The average Bonchev–Trinajstić information content (AvgIpc) is 2.58. The predicted molar refractivity (Wildman–Crippen MR) is 96.0 cm³/mol. The summed E-state index contributed by atoms with van der Waals surface area (Å²) in [6, 6.07) is 5.62. The Kier molecular flexibility index (Phi) is 6.40. The van der Waals surface area contributed by atoms with Gasteiger partial charge >= 0.3 is 11.7 Å². The van der Waals surface area contributed by atoms with Gasteiger partial charge in [0.05, 0.1) is 10.9 Å². The number of H-pyrrole nitrogens is 1. The fourth-order valence-electron chi connectivity index (χ4n) is 2.37. The topological polar surface area (TPSA) is 121 Å². The molecule has 1 amide bonds. The van der Waals surface area contributed by atoms with Crippen LogP contribution in [0, 0.1) is 0 Å². The van der Waals surface area contributed by atoms with E-state index < -0.39 is 29.2 Å². The number of carbonyl (C=O) groups is 2. The monoisotopic (exact) mass is 365 g/mol. The fourth-order valence-corrected chi connectivity index (χ4v) is 2.85. The van der Waals surface area contributed by atoms with Gasteiger partial charge in [-0.1, -0.05) is 12.1 Å². The van der Waals surface area contributed by atoms with Crippen molar-refractivity contribution in [2.45, 2.75) is 25.4 Å². The number of thioether (sulfide) groups is 1. The number of para-hydroxylation sites is 1. The van der Waals surface area contributed by atoms with E-state index in [4.69, 9.17) is 5.11 Å². The number of carboxylic acid groups (broad SMARTS) is 1. The van der Waals surface area contributed by atoms with Crippen molar-refractivity contribution >= 4 is 34.5 Å². The van der Waals surface area contributed by atoms with E-state index in [1.54, 1.807) is 24.3 Å². The number of aromatic amines is 1. The summed E-state index contributed by atoms with van der Waals surface area (Å²) in [4.78, 5) is 50.1. The number of nitrogens with one attached hydrogen (secondary N) is 2. The molecule has 1 heterocycles. The van der Waals surface area contributed by atoms with Crippen LogP contribution in [0.25, 0.3) is 10.9 Å². The number of nitrogens with zero attached hydrogens (tertiary/aromatic N) is 1. The number of carboxylic acids is 1. The average molecular weight is 365 g/mol. The Labute approximate surface area is 147 Å². The van der Waals surface area contributed by atoms with Crippen molar-refractivity contribution in [1.29, 1.82) is 0 Å². The molecular formula is C16H19N3O5S. The van der Waals surface area contributed by atoms with Crippen molar-refractivity contribution in [3.63, 3.8) is 0 Å². The summed E-state index contributed by atoms with van der Waals surface area (Å²) in [5.74, 6) is -1.03. The molecule has 1 aromatic heterocycles. The molecule has 0 spiro atoms. The number of carbonyl (C=O) groups excluding carboxylic acids is 1. The lowest BCUT2D eigenvalue weighted by atomic mass is 10.2. The number of fused-ring (bicyclic) bond motifs is 1. The van der Waals surface area contributed by atoms with Gasteiger partial charge in [0.2, 0.25) is 5.91 Å². The normalized spacial score (nSPS) is 12.0. The molecule has 25 heavy (non-hydrogen) atoms. The van der Waals surface area contributed by atoms with Gasteiger partial charge in [-0.3, -0.25) is 14.2 Å². The largest absolute Gasteiger partial charge is 0.480 e. The van der Waals surface area contributed by atoms with E-state index >= 15 is 0 Å². The Morgan fingerprint density at radius 1 is 1.32 bits per heavy atom. The van der Waals surface area contributed by atoms with Gasteiger partial charge in [-0.15, -0.1) is 0 Å². The number of hydrogen-bond donors (Lipinski definition) is 3. The van der Waals surface area contributed by atoms with Gasteiger partial charge in [0, 0.05) is 13.0 Å². The van der Waals surface area contributed by atoms with Crippen LogP contribution >= 0.6 is 11.8 Å². The van der Waals surface area contributed by atoms with Crippen LogP contribution < -0.4 is 16.6 Å². The Bertz CT molecular complexity index is 889. The quantitative estimate of drug-likeness (QED) is 0.623. The summed E-state index contributed by atoms with van der Waals surface area (Å²) in [5, 5.41) is 11.9. The van der Waals surface area contributed by atoms with Crippen molar-refractivity contribution in [1.82, 2.24) is 14.9 Å². The van der Waals surface area contributed by atoms with E-state index in [2.05, 4.69) is 10.3 Å². The first-order valence-corrected chi connectivity index (χ1v) is 9.06. The molecule has 0 saturated heterocycles. The highest BCUT2D eigenvalue weighted by molar-refractivity contribution is 7.98. The van der Waals surface area contributed by atoms with Gasteiger partial charge in [-0.25, -0.2) is 9.59 Å². The fraction of sp³-hybridized carbons (Fsp3) is 0.375. The smallest absolute Gasteiger partial charge is 0.328 e. The molecule has 0 bridgehead atoms. The summed E-state index contributed by atoms with van der Waals surface area (Å²) in [7, 11) is 0. The van der Waals surface area contributed by atoms with Crippen molar-refractivity contribution in [3.05, 3.63) is 45.1 Å². The van der Waals surface area contributed by atoms with Gasteiger partial charge < -0.3 is 15.4 Å². The first-order valence-electron chi connectivity index (χ1n) is 7.67. The molecule has 1 unspecified atom stereocenters. The molecule has 0 saturated carbocycles. The van der Waals surface area contributed by atoms with Gasteiger partial charge in [0.1, 0.15) is 6.04 Å². The molecular weight excluding hydrogens is 346 g/mol. The van der Waals surface area contributed by atoms with Crippen LogP contribution in [0.2, 0.25) is 0 Å². The molecule has 0 fully saturated rings. The molecule has 2 aromatic rings. The second kappa shape index (κ2) is 8.52. The number of aliphatic carboxylic acids is 1. The zero-order valence-corrected chi connectivity index (χ0v) is 14.5. The Morgan fingerprint density at radius 3 is 2.72 bits per heavy atom. The molecule has 2 rings (SSSR count). The minimum atomic E-state index is -1.11. The van der Waals surface area contributed by atoms with Gasteiger partial charge in [-0.05, 0) is 30.6 Å². The number of amides is 1. The molecule has 1 aromatic carbocycles. The maximum Gasteiger partial charge on any atom is 0.328 e. The van der Waals surface area contributed by atoms with E-state index in [1.165, 1.54) is 11.8 Å². The maximum atomic E-state index is 12.3.